The van der Waals surface area contributed by atoms with Gasteiger partial charge in [0.15, 0.2) is 12.4 Å². The maximum atomic E-state index is 13.7. The number of carbonyl (C=O) groups is 2. The van der Waals surface area contributed by atoms with Crippen LogP contribution in [0, 0.1) is 5.82 Å². The standard InChI is InChI=1S/C15H11ClFNO5S/c16-10-3-1-9(2-4-10)14(19)8-23-15(20)12-7-11(24(18,21)22)5-6-13(12)17/h1-7H,8H2,(H2,18,21,22). The highest BCUT2D eigenvalue weighted by atomic mass is 35.5. The first kappa shape index (κ1) is 18.1. The molecule has 24 heavy (non-hydrogen) atoms. The first-order valence-electron chi connectivity index (χ1n) is 6.47. The van der Waals surface area contributed by atoms with E-state index in [4.69, 9.17) is 21.5 Å². The van der Waals surface area contributed by atoms with Crippen molar-refractivity contribution in [3.05, 3.63) is 64.4 Å². The zero-order chi connectivity index (χ0) is 17.9. The maximum Gasteiger partial charge on any atom is 0.341 e. The molecule has 0 aliphatic carbocycles. The van der Waals surface area contributed by atoms with Crippen molar-refractivity contribution in [1.82, 2.24) is 0 Å². The van der Waals surface area contributed by atoms with Gasteiger partial charge in [0, 0.05) is 10.6 Å². The Morgan fingerprint density at radius 2 is 1.75 bits per heavy atom. The average molecular weight is 372 g/mol. The molecule has 0 spiro atoms. The number of esters is 1. The van der Waals surface area contributed by atoms with Gasteiger partial charge in [-0.3, -0.25) is 4.79 Å². The Balaban J connectivity index is 2.12. The molecule has 0 saturated heterocycles. The zero-order valence-electron chi connectivity index (χ0n) is 12.0. The van der Waals surface area contributed by atoms with Crippen molar-refractivity contribution < 1.29 is 27.1 Å². The molecule has 0 radical (unpaired) electrons. The third kappa shape index (κ3) is 4.38. The molecule has 0 saturated carbocycles. The molecule has 0 aromatic heterocycles. The SMILES string of the molecule is NS(=O)(=O)c1ccc(F)c(C(=O)OCC(=O)c2ccc(Cl)cc2)c1. The quantitative estimate of drug-likeness (QED) is 0.640. The number of ketones is 1. The highest BCUT2D eigenvalue weighted by Gasteiger charge is 2.19. The summed E-state index contributed by atoms with van der Waals surface area (Å²) in [5, 5.41) is 5.35. The summed E-state index contributed by atoms with van der Waals surface area (Å²) in [7, 11) is -4.11. The summed E-state index contributed by atoms with van der Waals surface area (Å²) >= 11 is 5.70. The van der Waals surface area contributed by atoms with Crippen LogP contribution in [-0.4, -0.2) is 26.8 Å². The lowest BCUT2D eigenvalue weighted by Gasteiger charge is -2.07. The lowest BCUT2D eigenvalue weighted by molar-refractivity contribution is 0.0470. The summed E-state index contributed by atoms with van der Waals surface area (Å²) in [5.41, 5.74) is -0.378. The van der Waals surface area contributed by atoms with Gasteiger partial charge in [-0.2, -0.15) is 0 Å². The van der Waals surface area contributed by atoms with E-state index in [0.29, 0.717) is 5.02 Å². The molecule has 0 heterocycles. The fourth-order valence-corrected chi connectivity index (χ4v) is 2.43. The second-order valence-electron chi connectivity index (χ2n) is 4.69. The van der Waals surface area contributed by atoms with Gasteiger partial charge in [0.2, 0.25) is 10.0 Å². The zero-order valence-corrected chi connectivity index (χ0v) is 13.6. The van der Waals surface area contributed by atoms with Gasteiger partial charge in [0.1, 0.15) is 5.82 Å². The van der Waals surface area contributed by atoms with E-state index >= 15 is 0 Å². The molecule has 0 unspecified atom stereocenters. The van der Waals surface area contributed by atoms with Crippen LogP contribution >= 0.6 is 11.6 Å². The highest BCUT2D eigenvalue weighted by molar-refractivity contribution is 7.89. The number of primary sulfonamides is 1. The van der Waals surface area contributed by atoms with E-state index in [1.807, 2.05) is 0 Å². The molecule has 0 fully saturated rings. The summed E-state index contributed by atoms with van der Waals surface area (Å²) in [6.45, 7) is -0.639. The Hall–Kier alpha value is -2.29. The van der Waals surface area contributed by atoms with Crippen LogP contribution in [0.1, 0.15) is 20.7 Å². The van der Waals surface area contributed by atoms with Crippen molar-refractivity contribution in [3.8, 4) is 0 Å². The van der Waals surface area contributed by atoms with Crippen molar-refractivity contribution >= 4 is 33.4 Å². The van der Waals surface area contributed by atoms with Crippen LogP contribution in [0.5, 0.6) is 0 Å². The van der Waals surface area contributed by atoms with E-state index in [2.05, 4.69) is 0 Å². The summed E-state index contributed by atoms with van der Waals surface area (Å²) in [4.78, 5) is 23.3. The van der Waals surface area contributed by atoms with Crippen LogP contribution in [-0.2, 0) is 14.8 Å². The van der Waals surface area contributed by atoms with Crippen LogP contribution in [0.3, 0.4) is 0 Å². The highest BCUT2D eigenvalue weighted by Crippen LogP contribution is 2.16. The van der Waals surface area contributed by atoms with Crippen LogP contribution in [0.25, 0.3) is 0 Å². The minimum absolute atomic E-state index is 0.256. The predicted octanol–water partition coefficient (Wildman–Crippen LogP) is 2.17. The molecule has 2 aromatic rings. The number of ether oxygens (including phenoxy) is 1. The van der Waals surface area contributed by atoms with E-state index in [9.17, 15) is 22.4 Å². The molecule has 126 valence electrons. The van der Waals surface area contributed by atoms with Gasteiger partial charge < -0.3 is 4.74 Å². The average Bonchev–Trinajstić information content (AvgIpc) is 2.52. The molecule has 2 aromatic carbocycles. The van der Waals surface area contributed by atoms with Crippen molar-refractivity contribution in [2.75, 3.05) is 6.61 Å². The van der Waals surface area contributed by atoms with E-state index < -0.39 is 44.7 Å². The third-order valence-corrected chi connectivity index (χ3v) is 4.15. The van der Waals surface area contributed by atoms with Gasteiger partial charge in [-0.05, 0) is 42.5 Å². The van der Waals surface area contributed by atoms with Crippen molar-refractivity contribution in [1.29, 1.82) is 0 Å². The molecule has 0 bridgehead atoms. The first-order valence-corrected chi connectivity index (χ1v) is 8.39. The van der Waals surface area contributed by atoms with E-state index in [1.165, 1.54) is 24.3 Å². The topological polar surface area (TPSA) is 104 Å². The van der Waals surface area contributed by atoms with Gasteiger partial charge in [0.05, 0.1) is 10.5 Å². The number of Topliss-reactive ketones (excluding diaryl/α,β-unsaturated/α-hetero) is 1. The number of hydrogen-bond donors (Lipinski definition) is 1. The van der Waals surface area contributed by atoms with Gasteiger partial charge >= 0.3 is 5.97 Å². The maximum absolute atomic E-state index is 13.7. The molecule has 2 rings (SSSR count). The van der Waals surface area contributed by atoms with Gasteiger partial charge in [-0.1, -0.05) is 11.6 Å². The van der Waals surface area contributed by atoms with Crippen LogP contribution in [0.2, 0.25) is 5.02 Å². The van der Waals surface area contributed by atoms with Gasteiger partial charge in [-0.25, -0.2) is 22.7 Å². The lowest BCUT2D eigenvalue weighted by atomic mass is 10.1. The minimum atomic E-state index is -4.11. The number of hydrogen-bond acceptors (Lipinski definition) is 5. The molecule has 0 aliphatic heterocycles. The Labute approximate surface area is 142 Å². The minimum Gasteiger partial charge on any atom is -0.454 e. The molecule has 6 nitrogen and oxygen atoms in total. The van der Waals surface area contributed by atoms with E-state index in [1.54, 1.807) is 0 Å². The second kappa shape index (κ2) is 7.08. The number of nitrogens with two attached hydrogens (primary N) is 1. The number of benzene rings is 2. The molecule has 9 heteroatoms. The number of sulfonamides is 1. The summed E-state index contributed by atoms with van der Waals surface area (Å²) in [5.74, 6) is -2.70. The summed E-state index contributed by atoms with van der Waals surface area (Å²) in [6, 6.07) is 8.32. The largest absolute Gasteiger partial charge is 0.454 e. The molecule has 0 atom stereocenters. The predicted molar refractivity (Wildman–Crippen MR) is 83.8 cm³/mol. The Bertz CT molecular complexity index is 897. The normalized spacial score (nSPS) is 11.1. The number of carbonyl (C=O) groups excluding carboxylic acids is 2. The summed E-state index contributed by atoms with van der Waals surface area (Å²) < 4.78 is 40.9. The molecule has 2 N–H and O–H groups in total. The fourth-order valence-electron chi connectivity index (χ4n) is 1.77. The molecular formula is C15H11ClFNO5S. The third-order valence-electron chi connectivity index (χ3n) is 2.99. The van der Waals surface area contributed by atoms with E-state index in [0.717, 1.165) is 18.2 Å². The van der Waals surface area contributed by atoms with Crippen LogP contribution in [0.4, 0.5) is 4.39 Å². The van der Waals surface area contributed by atoms with Crippen molar-refractivity contribution in [2.45, 2.75) is 4.90 Å². The lowest BCUT2D eigenvalue weighted by Crippen LogP contribution is -2.17. The van der Waals surface area contributed by atoms with Crippen molar-refractivity contribution in [3.63, 3.8) is 0 Å². The van der Waals surface area contributed by atoms with E-state index in [-0.39, 0.29) is 5.56 Å². The molecular weight excluding hydrogens is 361 g/mol. The number of halogens is 2. The van der Waals surface area contributed by atoms with Gasteiger partial charge in [0.25, 0.3) is 0 Å². The second-order valence-corrected chi connectivity index (χ2v) is 6.69. The monoisotopic (exact) mass is 371 g/mol. The smallest absolute Gasteiger partial charge is 0.341 e. The Kier molecular flexibility index (Phi) is 5.33. The first-order chi connectivity index (χ1) is 11.2. The van der Waals surface area contributed by atoms with Crippen LogP contribution in [0.15, 0.2) is 47.4 Å². The Morgan fingerprint density at radius 1 is 1.12 bits per heavy atom. The molecule has 0 aliphatic rings. The fraction of sp³-hybridized carbons (Fsp3) is 0.0667. The summed E-state index contributed by atoms with van der Waals surface area (Å²) in [6.07, 6.45) is 0. The van der Waals surface area contributed by atoms with Gasteiger partial charge in [-0.15, -0.1) is 0 Å². The van der Waals surface area contributed by atoms with Crippen LogP contribution < -0.4 is 5.14 Å². The Morgan fingerprint density at radius 3 is 2.33 bits per heavy atom. The van der Waals surface area contributed by atoms with Crippen molar-refractivity contribution in [2.24, 2.45) is 5.14 Å². The molecule has 0 amide bonds. The number of rotatable bonds is 5.